The molecule has 29 heavy (non-hydrogen) atoms. The second-order valence-corrected chi connectivity index (χ2v) is 8.65. The molecule has 0 spiro atoms. The van der Waals surface area contributed by atoms with Crippen LogP contribution in [0.2, 0.25) is 5.02 Å². The molecule has 0 aliphatic rings. The highest BCUT2D eigenvalue weighted by Gasteiger charge is 2.14. The number of allylic oxidation sites excluding steroid dienone is 2. The normalized spacial score (nSPS) is 12.7. The molecule has 3 aromatic rings. The number of nitrogens with zero attached hydrogens (tertiary/aromatic N) is 1. The van der Waals surface area contributed by atoms with Crippen molar-refractivity contribution in [2.45, 2.75) is 18.7 Å². The van der Waals surface area contributed by atoms with E-state index < -0.39 is 10.0 Å². The molecular weight excluding hydrogens is 404 g/mol. The first-order valence-corrected chi connectivity index (χ1v) is 10.9. The highest BCUT2D eigenvalue weighted by Crippen LogP contribution is 2.20. The first-order valence-electron chi connectivity index (χ1n) is 9.01. The Morgan fingerprint density at radius 3 is 2.21 bits per heavy atom. The molecule has 0 aliphatic carbocycles. The van der Waals surface area contributed by atoms with Crippen LogP contribution in [0.15, 0.2) is 94.9 Å². The molecule has 1 N–H and O–H groups in total. The van der Waals surface area contributed by atoms with Crippen molar-refractivity contribution in [2.75, 3.05) is 0 Å². The summed E-state index contributed by atoms with van der Waals surface area (Å²) >= 11 is 6.35. The molecule has 0 unspecified atom stereocenters. The number of sulfonamides is 1. The Labute approximate surface area is 176 Å². The summed E-state index contributed by atoms with van der Waals surface area (Å²) in [6.45, 7) is 3.84. The highest BCUT2D eigenvalue weighted by atomic mass is 35.5. The fourth-order valence-electron chi connectivity index (χ4n) is 2.71. The predicted molar refractivity (Wildman–Crippen MR) is 120 cm³/mol. The van der Waals surface area contributed by atoms with Gasteiger partial charge in [0.25, 0.3) is 10.0 Å². The van der Waals surface area contributed by atoms with E-state index in [0.29, 0.717) is 16.3 Å². The summed E-state index contributed by atoms with van der Waals surface area (Å²) in [6, 6.07) is 23.6. The molecule has 0 bridgehead atoms. The Kier molecular flexibility index (Phi) is 6.52. The van der Waals surface area contributed by atoms with E-state index in [-0.39, 0.29) is 4.90 Å². The maximum Gasteiger partial charge on any atom is 0.276 e. The Bertz CT molecular complexity index is 1150. The lowest BCUT2D eigenvalue weighted by atomic mass is 10.0. The third-order valence-electron chi connectivity index (χ3n) is 4.35. The van der Waals surface area contributed by atoms with Crippen molar-refractivity contribution in [1.82, 2.24) is 4.83 Å². The summed E-state index contributed by atoms with van der Waals surface area (Å²) in [5.41, 5.74) is 3.97. The lowest BCUT2D eigenvalue weighted by Crippen LogP contribution is -2.20. The van der Waals surface area contributed by atoms with E-state index in [1.54, 1.807) is 36.4 Å². The van der Waals surface area contributed by atoms with E-state index >= 15 is 0 Å². The summed E-state index contributed by atoms with van der Waals surface area (Å²) in [5.74, 6) is 0. The lowest BCUT2D eigenvalue weighted by molar-refractivity contribution is 0.584. The highest BCUT2D eigenvalue weighted by molar-refractivity contribution is 7.89. The predicted octanol–water partition coefficient (Wildman–Crippen LogP) is 5.43. The number of benzene rings is 3. The molecule has 0 saturated heterocycles. The minimum absolute atomic E-state index is 0.147. The monoisotopic (exact) mass is 424 g/mol. The van der Waals surface area contributed by atoms with E-state index in [1.165, 1.54) is 0 Å². The molecule has 0 amide bonds. The van der Waals surface area contributed by atoms with Gasteiger partial charge in [-0.3, -0.25) is 0 Å². The van der Waals surface area contributed by atoms with Gasteiger partial charge < -0.3 is 0 Å². The van der Waals surface area contributed by atoms with Crippen molar-refractivity contribution in [3.05, 3.63) is 107 Å². The van der Waals surface area contributed by atoms with Crippen LogP contribution in [-0.2, 0) is 10.0 Å². The van der Waals surface area contributed by atoms with Gasteiger partial charge in [-0.2, -0.15) is 18.4 Å². The zero-order chi connectivity index (χ0) is 20.9. The van der Waals surface area contributed by atoms with E-state index in [9.17, 15) is 8.42 Å². The standard InChI is InChI=1S/C23H21ClN2O2S/c1-17-12-14-20(15-13-17)29(27,28)26-25-23(21-10-6-7-11-22(21)24)16-18(2)19-8-4-3-5-9-19/h3-16,26H,1-2H3/b18-16+,25-23+. The molecule has 0 aromatic heterocycles. The van der Waals surface area contributed by atoms with Gasteiger partial charge in [0.05, 0.1) is 15.6 Å². The van der Waals surface area contributed by atoms with Gasteiger partial charge in [-0.05, 0) is 49.3 Å². The van der Waals surface area contributed by atoms with Crippen LogP contribution in [0, 0.1) is 6.92 Å². The molecule has 6 heteroatoms. The van der Waals surface area contributed by atoms with Gasteiger partial charge in [0, 0.05) is 5.56 Å². The average molecular weight is 425 g/mol. The largest absolute Gasteiger partial charge is 0.276 e. The summed E-state index contributed by atoms with van der Waals surface area (Å²) in [6.07, 6.45) is 1.81. The van der Waals surface area contributed by atoms with Crippen molar-refractivity contribution >= 4 is 32.9 Å². The van der Waals surface area contributed by atoms with E-state index in [1.807, 2.05) is 62.4 Å². The van der Waals surface area contributed by atoms with Crippen molar-refractivity contribution in [3.8, 4) is 0 Å². The van der Waals surface area contributed by atoms with Crippen LogP contribution in [0.25, 0.3) is 5.57 Å². The lowest BCUT2D eigenvalue weighted by Gasteiger charge is -2.09. The zero-order valence-corrected chi connectivity index (χ0v) is 17.7. The minimum Gasteiger partial charge on any atom is -0.200 e. The minimum atomic E-state index is -3.80. The maximum absolute atomic E-state index is 12.6. The Balaban J connectivity index is 2.01. The van der Waals surface area contributed by atoms with Crippen LogP contribution in [0.1, 0.15) is 23.6 Å². The van der Waals surface area contributed by atoms with E-state index in [2.05, 4.69) is 9.93 Å². The van der Waals surface area contributed by atoms with Crippen LogP contribution in [-0.4, -0.2) is 14.1 Å². The number of halogens is 1. The van der Waals surface area contributed by atoms with Gasteiger partial charge in [0.1, 0.15) is 0 Å². The molecule has 0 saturated carbocycles. The van der Waals surface area contributed by atoms with Gasteiger partial charge >= 0.3 is 0 Å². The summed E-state index contributed by atoms with van der Waals surface area (Å²) in [5, 5.41) is 4.69. The first-order chi connectivity index (χ1) is 13.9. The van der Waals surface area contributed by atoms with Crippen LogP contribution in [0.5, 0.6) is 0 Å². The number of hydrogen-bond acceptors (Lipinski definition) is 3. The number of aryl methyl sites for hydroxylation is 1. The fraction of sp³-hybridized carbons (Fsp3) is 0.0870. The van der Waals surface area contributed by atoms with Crippen molar-refractivity contribution in [1.29, 1.82) is 0 Å². The second kappa shape index (κ2) is 9.07. The molecule has 0 aliphatic heterocycles. The molecule has 3 aromatic carbocycles. The van der Waals surface area contributed by atoms with Crippen LogP contribution < -0.4 is 4.83 Å². The third kappa shape index (κ3) is 5.34. The van der Waals surface area contributed by atoms with Gasteiger partial charge in [0.15, 0.2) is 0 Å². The summed E-state index contributed by atoms with van der Waals surface area (Å²) in [4.78, 5) is 2.48. The molecule has 3 rings (SSSR count). The molecule has 4 nitrogen and oxygen atoms in total. The van der Waals surface area contributed by atoms with Crippen molar-refractivity contribution in [2.24, 2.45) is 5.10 Å². The molecule has 0 fully saturated rings. The molecule has 0 radical (unpaired) electrons. The van der Waals surface area contributed by atoms with Crippen LogP contribution >= 0.6 is 11.6 Å². The number of hydrazone groups is 1. The number of rotatable bonds is 6. The summed E-state index contributed by atoms with van der Waals surface area (Å²) in [7, 11) is -3.80. The summed E-state index contributed by atoms with van der Waals surface area (Å²) < 4.78 is 25.3. The Hall–Kier alpha value is -2.89. The first kappa shape index (κ1) is 20.8. The third-order valence-corrected chi connectivity index (χ3v) is 5.90. The molecule has 0 atom stereocenters. The Morgan fingerprint density at radius 1 is 0.931 bits per heavy atom. The van der Waals surface area contributed by atoms with Crippen LogP contribution in [0.4, 0.5) is 0 Å². The van der Waals surface area contributed by atoms with E-state index in [4.69, 9.17) is 11.6 Å². The van der Waals surface area contributed by atoms with Gasteiger partial charge in [-0.25, -0.2) is 0 Å². The number of hydrogen-bond donors (Lipinski definition) is 1. The van der Waals surface area contributed by atoms with Gasteiger partial charge in [-0.1, -0.05) is 77.8 Å². The average Bonchev–Trinajstić information content (AvgIpc) is 2.72. The second-order valence-electron chi connectivity index (χ2n) is 6.58. The van der Waals surface area contributed by atoms with Gasteiger partial charge in [0.2, 0.25) is 0 Å². The zero-order valence-electron chi connectivity index (χ0n) is 16.1. The smallest absolute Gasteiger partial charge is 0.200 e. The van der Waals surface area contributed by atoms with Crippen LogP contribution in [0.3, 0.4) is 0 Å². The maximum atomic E-state index is 12.6. The number of nitrogens with one attached hydrogen (secondary N) is 1. The van der Waals surface area contributed by atoms with Crippen molar-refractivity contribution < 1.29 is 8.42 Å². The van der Waals surface area contributed by atoms with E-state index in [0.717, 1.165) is 16.7 Å². The van der Waals surface area contributed by atoms with Gasteiger partial charge in [-0.15, -0.1) is 0 Å². The SMILES string of the molecule is C/C(=C\C(=N/NS(=O)(=O)c1ccc(C)cc1)c1ccccc1Cl)c1ccccc1. The molecule has 0 heterocycles. The van der Waals surface area contributed by atoms with Crippen molar-refractivity contribution in [3.63, 3.8) is 0 Å². The fourth-order valence-corrected chi connectivity index (χ4v) is 3.76. The molecule has 148 valence electrons. The topological polar surface area (TPSA) is 58.5 Å². The quantitative estimate of drug-likeness (QED) is 0.423. The molecular formula is C23H21ClN2O2S. The Morgan fingerprint density at radius 2 is 1.55 bits per heavy atom.